The van der Waals surface area contributed by atoms with Gasteiger partial charge >= 0.3 is 19.5 Å². The first-order valence-electron chi connectivity index (χ1n) is 6.85. The van der Waals surface area contributed by atoms with Crippen molar-refractivity contribution in [2.75, 3.05) is 0 Å². The van der Waals surface area contributed by atoms with Gasteiger partial charge in [0.1, 0.15) is 12.4 Å². The van der Waals surface area contributed by atoms with Gasteiger partial charge in [-0.05, 0) is 17.7 Å². The molecule has 0 aromatic heterocycles. The lowest BCUT2D eigenvalue weighted by Gasteiger charge is -2.20. The maximum Gasteiger partial charge on any atom is 0.492 e. The molecule has 10 heteroatoms. The largest absolute Gasteiger partial charge is 0.492 e. The van der Waals surface area contributed by atoms with E-state index in [0.29, 0.717) is 5.56 Å². The molecule has 0 aliphatic rings. The van der Waals surface area contributed by atoms with Crippen LogP contribution >= 0.6 is 0 Å². The number of alkyl halides is 6. The van der Waals surface area contributed by atoms with Crippen molar-refractivity contribution in [3.63, 3.8) is 0 Å². The van der Waals surface area contributed by atoms with E-state index in [-0.39, 0.29) is 12.1 Å². The molecule has 3 nitrogen and oxygen atoms in total. The molecule has 0 spiro atoms. The summed E-state index contributed by atoms with van der Waals surface area (Å²) >= 11 is 0. The monoisotopic (exact) mass is 364 g/mol. The Labute approximate surface area is 138 Å². The average Bonchev–Trinajstić information content (AvgIpc) is 2.51. The number of hydrogen-bond acceptors (Lipinski definition) is 3. The molecular formula is C15H11BF6O3. The predicted molar refractivity (Wildman–Crippen MR) is 77.0 cm³/mol. The standard InChI is InChI=1S/C15H11BF6O3/c17-14(18,19)10-6-11(15(20,21)22)13(12(7-10)16(23)24)25-8-9-4-2-1-3-5-9/h1-7,23-24H,8H2. The molecule has 2 rings (SSSR count). The third-order valence-electron chi connectivity index (χ3n) is 3.25. The van der Waals surface area contributed by atoms with E-state index in [4.69, 9.17) is 4.74 Å². The van der Waals surface area contributed by atoms with Crippen LogP contribution in [0.4, 0.5) is 26.3 Å². The van der Waals surface area contributed by atoms with E-state index in [1.165, 1.54) is 12.1 Å². The Bertz CT molecular complexity index is 729. The first kappa shape index (κ1) is 19.1. The first-order valence-corrected chi connectivity index (χ1v) is 6.85. The summed E-state index contributed by atoms with van der Waals surface area (Å²) in [7, 11) is -2.57. The minimum atomic E-state index is -5.18. The van der Waals surface area contributed by atoms with Crippen molar-refractivity contribution < 1.29 is 41.1 Å². The number of hydrogen-bond donors (Lipinski definition) is 2. The highest BCUT2D eigenvalue weighted by molar-refractivity contribution is 6.59. The Balaban J connectivity index is 2.55. The van der Waals surface area contributed by atoms with Crippen LogP contribution in [0.1, 0.15) is 16.7 Å². The van der Waals surface area contributed by atoms with Crippen molar-refractivity contribution in [3.05, 3.63) is 59.2 Å². The Hall–Kier alpha value is -2.20. The summed E-state index contributed by atoms with van der Waals surface area (Å²) in [5, 5.41) is 18.4. The van der Waals surface area contributed by atoms with Gasteiger partial charge in [-0.1, -0.05) is 30.3 Å². The molecule has 0 aliphatic heterocycles. The third kappa shape index (κ3) is 4.67. The molecule has 0 unspecified atom stereocenters. The molecule has 0 aliphatic carbocycles. The van der Waals surface area contributed by atoms with Crippen LogP contribution in [0, 0.1) is 0 Å². The number of ether oxygens (including phenoxy) is 1. The molecular weight excluding hydrogens is 353 g/mol. The fourth-order valence-electron chi connectivity index (χ4n) is 2.11. The lowest BCUT2D eigenvalue weighted by molar-refractivity contribution is -0.143. The second kappa shape index (κ2) is 6.97. The Morgan fingerprint density at radius 2 is 1.48 bits per heavy atom. The second-order valence-corrected chi connectivity index (χ2v) is 5.09. The third-order valence-corrected chi connectivity index (χ3v) is 3.25. The average molecular weight is 364 g/mol. The molecule has 25 heavy (non-hydrogen) atoms. The van der Waals surface area contributed by atoms with Gasteiger partial charge in [0.25, 0.3) is 0 Å². The van der Waals surface area contributed by atoms with E-state index in [1.54, 1.807) is 18.2 Å². The van der Waals surface area contributed by atoms with Gasteiger partial charge < -0.3 is 14.8 Å². The van der Waals surface area contributed by atoms with E-state index >= 15 is 0 Å². The van der Waals surface area contributed by atoms with E-state index in [1.807, 2.05) is 0 Å². The number of rotatable bonds is 4. The fourth-order valence-corrected chi connectivity index (χ4v) is 2.11. The van der Waals surface area contributed by atoms with Crippen LogP contribution < -0.4 is 10.2 Å². The first-order chi connectivity index (χ1) is 11.5. The zero-order chi connectivity index (χ0) is 18.8. The molecule has 134 valence electrons. The molecule has 0 atom stereocenters. The van der Waals surface area contributed by atoms with Crippen LogP contribution in [0.3, 0.4) is 0 Å². The van der Waals surface area contributed by atoms with Crippen LogP contribution in [0.15, 0.2) is 42.5 Å². The number of halogens is 6. The quantitative estimate of drug-likeness (QED) is 0.648. The van der Waals surface area contributed by atoms with Crippen molar-refractivity contribution in [2.24, 2.45) is 0 Å². The second-order valence-electron chi connectivity index (χ2n) is 5.09. The minimum absolute atomic E-state index is 0.119. The summed E-state index contributed by atoms with van der Waals surface area (Å²) in [6, 6.07) is 8.02. The van der Waals surface area contributed by atoms with Gasteiger partial charge in [-0.15, -0.1) is 0 Å². The Kier molecular flexibility index (Phi) is 5.33. The summed E-state index contributed by atoms with van der Waals surface area (Å²) in [6.07, 6.45) is -10.3. The van der Waals surface area contributed by atoms with Crippen molar-refractivity contribution in [2.45, 2.75) is 19.0 Å². The van der Waals surface area contributed by atoms with E-state index < -0.39 is 48.4 Å². The molecule has 2 aromatic rings. The van der Waals surface area contributed by atoms with E-state index in [0.717, 1.165) is 0 Å². The van der Waals surface area contributed by atoms with Crippen LogP contribution in [0.2, 0.25) is 0 Å². The SMILES string of the molecule is OB(O)c1cc(C(F)(F)F)cc(C(F)(F)F)c1OCc1ccccc1. The van der Waals surface area contributed by atoms with Gasteiger partial charge in [-0.3, -0.25) is 0 Å². The molecule has 0 saturated carbocycles. The molecule has 2 aromatic carbocycles. The predicted octanol–water partition coefficient (Wildman–Crippen LogP) is 2.98. The van der Waals surface area contributed by atoms with Gasteiger partial charge in [0.2, 0.25) is 0 Å². The zero-order valence-corrected chi connectivity index (χ0v) is 12.4. The van der Waals surface area contributed by atoms with E-state index in [9.17, 15) is 36.4 Å². The smallest absolute Gasteiger partial charge is 0.489 e. The normalized spacial score (nSPS) is 12.2. The summed E-state index contributed by atoms with van der Waals surface area (Å²) < 4.78 is 83.0. The molecule has 0 fully saturated rings. The Morgan fingerprint density at radius 1 is 0.880 bits per heavy atom. The van der Waals surface area contributed by atoms with Crippen molar-refractivity contribution in [3.8, 4) is 5.75 Å². The fraction of sp³-hybridized carbons (Fsp3) is 0.200. The molecule has 0 amide bonds. The van der Waals surface area contributed by atoms with Gasteiger partial charge in [0.05, 0.1) is 11.1 Å². The maximum absolute atomic E-state index is 13.2. The van der Waals surface area contributed by atoms with Gasteiger partial charge in [-0.25, -0.2) is 0 Å². The maximum atomic E-state index is 13.2. The topological polar surface area (TPSA) is 49.7 Å². The van der Waals surface area contributed by atoms with Gasteiger partial charge in [0.15, 0.2) is 0 Å². The Morgan fingerprint density at radius 3 is 1.96 bits per heavy atom. The van der Waals surface area contributed by atoms with Gasteiger partial charge in [0, 0.05) is 5.46 Å². The molecule has 0 bridgehead atoms. The lowest BCUT2D eigenvalue weighted by atomic mass is 9.77. The summed E-state index contributed by atoms with van der Waals surface area (Å²) in [6.45, 7) is -0.394. The van der Waals surface area contributed by atoms with Crippen molar-refractivity contribution in [1.29, 1.82) is 0 Å². The molecule has 0 saturated heterocycles. The number of benzene rings is 2. The molecule has 2 N–H and O–H groups in total. The van der Waals surface area contributed by atoms with Crippen molar-refractivity contribution in [1.82, 2.24) is 0 Å². The highest BCUT2D eigenvalue weighted by atomic mass is 19.4. The summed E-state index contributed by atoms with van der Waals surface area (Å²) in [5.74, 6) is -1.06. The van der Waals surface area contributed by atoms with Gasteiger partial charge in [-0.2, -0.15) is 26.3 Å². The molecule has 0 radical (unpaired) electrons. The molecule has 0 heterocycles. The van der Waals surface area contributed by atoms with Crippen molar-refractivity contribution >= 4 is 12.6 Å². The summed E-state index contributed by atoms with van der Waals surface area (Å²) in [5.41, 5.74) is -3.96. The highest BCUT2D eigenvalue weighted by Gasteiger charge is 2.41. The summed E-state index contributed by atoms with van der Waals surface area (Å²) in [4.78, 5) is 0. The highest BCUT2D eigenvalue weighted by Crippen LogP contribution is 2.40. The van der Waals surface area contributed by atoms with Crippen LogP contribution in [-0.2, 0) is 19.0 Å². The van der Waals surface area contributed by atoms with Crippen LogP contribution in [0.5, 0.6) is 5.75 Å². The zero-order valence-electron chi connectivity index (χ0n) is 12.4. The lowest BCUT2D eigenvalue weighted by Crippen LogP contribution is -2.34. The minimum Gasteiger partial charge on any atom is -0.489 e. The van der Waals surface area contributed by atoms with E-state index in [2.05, 4.69) is 0 Å². The van der Waals surface area contributed by atoms with Crippen LogP contribution in [0.25, 0.3) is 0 Å². The van der Waals surface area contributed by atoms with Crippen LogP contribution in [-0.4, -0.2) is 17.2 Å².